The molecular formula is C11H17BrN2O2S. The number of nitrogens with two attached hydrogens (primary N) is 1. The van der Waals surface area contributed by atoms with Gasteiger partial charge in [0.1, 0.15) is 0 Å². The topological polar surface area (TPSA) is 66.6 Å². The highest BCUT2D eigenvalue weighted by molar-refractivity contribution is 9.10. The summed E-state index contributed by atoms with van der Waals surface area (Å²) < 4.78 is 1.11. The van der Waals surface area contributed by atoms with Crippen LogP contribution < -0.4 is 5.73 Å². The predicted octanol–water partition coefficient (Wildman–Crippen LogP) is 1.79. The second kappa shape index (κ2) is 7.10. The molecule has 0 aliphatic rings. The smallest absolute Gasteiger partial charge is 0.304 e. The molecule has 0 spiro atoms. The molecule has 1 atom stereocenters. The normalized spacial score (nSPS) is 12.9. The van der Waals surface area contributed by atoms with Gasteiger partial charge in [-0.3, -0.25) is 4.79 Å². The number of likely N-dealkylation sites (N-methyl/N-ethyl adjacent to an activating group) is 1. The average molecular weight is 321 g/mol. The largest absolute Gasteiger partial charge is 0.481 e. The monoisotopic (exact) mass is 320 g/mol. The van der Waals surface area contributed by atoms with Crippen molar-refractivity contribution in [1.82, 2.24) is 4.90 Å². The van der Waals surface area contributed by atoms with Gasteiger partial charge in [0.05, 0.1) is 6.42 Å². The molecular weight excluding hydrogens is 304 g/mol. The van der Waals surface area contributed by atoms with E-state index in [2.05, 4.69) is 32.3 Å². The Kier molecular flexibility index (Phi) is 6.11. The van der Waals surface area contributed by atoms with Gasteiger partial charge in [-0.05, 0) is 35.5 Å². The first-order chi connectivity index (χ1) is 7.97. The molecule has 0 aliphatic heterocycles. The van der Waals surface area contributed by atoms with Crippen LogP contribution in [0, 0.1) is 0 Å². The maximum atomic E-state index is 10.5. The number of halogens is 1. The molecule has 1 rings (SSSR count). The van der Waals surface area contributed by atoms with Crippen LogP contribution in [0.25, 0.3) is 0 Å². The maximum Gasteiger partial charge on any atom is 0.304 e. The van der Waals surface area contributed by atoms with E-state index in [4.69, 9.17) is 10.8 Å². The number of carboxylic acids is 1. The molecule has 0 aromatic carbocycles. The zero-order chi connectivity index (χ0) is 12.8. The first kappa shape index (κ1) is 14.6. The summed E-state index contributed by atoms with van der Waals surface area (Å²) in [7, 11) is 1.96. The van der Waals surface area contributed by atoms with Crippen molar-refractivity contribution in [3.8, 4) is 0 Å². The van der Waals surface area contributed by atoms with Gasteiger partial charge in [0.25, 0.3) is 0 Å². The van der Waals surface area contributed by atoms with Crippen molar-refractivity contribution < 1.29 is 9.90 Å². The molecule has 1 aromatic heterocycles. The quantitative estimate of drug-likeness (QED) is 0.803. The number of carbonyl (C=O) groups is 1. The standard InChI is InChI=1S/C11H17BrN2O2S/c1-14(6-9(13)5-11(15)16)3-2-10-4-8(12)7-17-10/h4,7,9H,2-3,5-6,13H2,1H3,(H,15,16). The number of thiophene rings is 1. The van der Waals surface area contributed by atoms with Crippen LogP contribution in [0.2, 0.25) is 0 Å². The molecule has 0 amide bonds. The molecule has 96 valence electrons. The molecule has 17 heavy (non-hydrogen) atoms. The van der Waals surface area contributed by atoms with Gasteiger partial charge >= 0.3 is 5.97 Å². The van der Waals surface area contributed by atoms with Crippen molar-refractivity contribution >= 4 is 33.2 Å². The summed E-state index contributed by atoms with van der Waals surface area (Å²) in [5, 5.41) is 10.7. The van der Waals surface area contributed by atoms with E-state index in [0.717, 1.165) is 17.4 Å². The van der Waals surface area contributed by atoms with E-state index in [1.54, 1.807) is 11.3 Å². The molecule has 0 aliphatic carbocycles. The Morgan fingerprint density at radius 1 is 1.71 bits per heavy atom. The van der Waals surface area contributed by atoms with Crippen molar-refractivity contribution in [2.75, 3.05) is 20.1 Å². The second-order valence-corrected chi connectivity index (χ2v) is 6.01. The molecule has 3 N–H and O–H groups in total. The van der Waals surface area contributed by atoms with Gasteiger partial charge in [-0.15, -0.1) is 11.3 Å². The first-order valence-electron chi connectivity index (χ1n) is 5.36. The number of aliphatic carboxylic acids is 1. The lowest BCUT2D eigenvalue weighted by atomic mass is 10.2. The SMILES string of the molecule is CN(CCc1cc(Br)cs1)CC(N)CC(=O)O. The highest BCUT2D eigenvalue weighted by Gasteiger charge is 2.11. The Hall–Kier alpha value is -0.430. The Bertz CT molecular complexity index is 370. The summed E-state index contributed by atoms with van der Waals surface area (Å²) in [6.07, 6.45) is 0.988. The second-order valence-electron chi connectivity index (χ2n) is 4.10. The minimum Gasteiger partial charge on any atom is -0.481 e. The van der Waals surface area contributed by atoms with Crippen molar-refractivity contribution in [1.29, 1.82) is 0 Å². The number of carboxylic acid groups (broad SMARTS) is 1. The molecule has 0 saturated heterocycles. The fourth-order valence-corrected chi connectivity index (χ4v) is 3.01. The minimum absolute atomic E-state index is 0.0227. The van der Waals surface area contributed by atoms with Gasteiger partial charge in [-0.25, -0.2) is 0 Å². The zero-order valence-corrected chi connectivity index (χ0v) is 12.1. The molecule has 0 radical (unpaired) electrons. The number of hydrogen-bond acceptors (Lipinski definition) is 4. The number of rotatable bonds is 7. The fourth-order valence-electron chi connectivity index (χ4n) is 1.57. The van der Waals surface area contributed by atoms with Gasteiger partial charge in [0, 0.05) is 33.9 Å². The van der Waals surface area contributed by atoms with Gasteiger partial charge < -0.3 is 15.7 Å². The van der Waals surface area contributed by atoms with Crippen LogP contribution in [0.4, 0.5) is 0 Å². The number of hydrogen-bond donors (Lipinski definition) is 2. The van der Waals surface area contributed by atoms with Crippen LogP contribution in [0.15, 0.2) is 15.9 Å². The van der Waals surface area contributed by atoms with Crippen LogP contribution in [-0.2, 0) is 11.2 Å². The Morgan fingerprint density at radius 3 is 2.94 bits per heavy atom. The summed E-state index contributed by atoms with van der Waals surface area (Å²) >= 11 is 5.14. The summed E-state index contributed by atoms with van der Waals surface area (Å²) in [4.78, 5) is 13.9. The summed E-state index contributed by atoms with van der Waals surface area (Å²) in [6, 6.07) is 1.81. The summed E-state index contributed by atoms with van der Waals surface area (Å²) in [6.45, 7) is 1.50. The van der Waals surface area contributed by atoms with E-state index in [9.17, 15) is 4.79 Å². The Morgan fingerprint density at radius 2 is 2.41 bits per heavy atom. The lowest BCUT2D eigenvalue weighted by molar-refractivity contribution is -0.137. The molecule has 1 heterocycles. The van der Waals surface area contributed by atoms with Crippen LogP contribution in [0.1, 0.15) is 11.3 Å². The summed E-state index contributed by atoms with van der Waals surface area (Å²) in [5.74, 6) is -0.840. The Labute approximate surface area is 114 Å². The van der Waals surface area contributed by atoms with Crippen molar-refractivity contribution in [2.45, 2.75) is 18.9 Å². The molecule has 0 fully saturated rings. The van der Waals surface area contributed by atoms with Crippen molar-refractivity contribution in [2.24, 2.45) is 5.73 Å². The van der Waals surface area contributed by atoms with Crippen molar-refractivity contribution in [3.63, 3.8) is 0 Å². The van der Waals surface area contributed by atoms with Crippen LogP contribution >= 0.6 is 27.3 Å². The summed E-state index contributed by atoms with van der Waals surface area (Å²) in [5.41, 5.74) is 5.72. The lowest BCUT2D eigenvalue weighted by Gasteiger charge is -2.19. The van der Waals surface area contributed by atoms with Crippen LogP contribution in [0.5, 0.6) is 0 Å². The molecule has 1 unspecified atom stereocenters. The minimum atomic E-state index is -0.840. The van der Waals surface area contributed by atoms with Gasteiger partial charge in [-0.2, -0.15) is 0 Å². The molecule has 0 saturated carbocycles. The lowest BCUT2D eigenvalue weighted by Crippen LogP contribution is -2.37. The van der Waals surface area contributed by atoms with E-state index in [1.165, 1.54) is 4.88 Å². The maximum absolute atomic E-state index is 10.5. The molecule has 0 bridgehead atoms. The fraction of sp³-hybridized carbons (Fsp3) is 0.545. The highest BCUT2D eigenvalue weighted by atomic mass is 79.9. The Balaban J connectivity index is 2.25. The zero-order valence-electron chi connectivity index (χ0n) is 9.73. The van der Waals surface area contributed by atoms with Crippen molar-refractivity contribution in [3.05, 3.63) is 20.8 Å². The van der Waals surface area contributed by atoms with Gasteiger partial charge in [0.15, 0.2) is 0 Å². The van der Waals surface area contributed by atoms with E-state index in [-0.39, 0.29) is 12.5 Å². The molecule has 1 aromatic rings. The van der Waals surface area contributed by atoms with E-state index in [1.807, 2.05) is 7.05 Å². The third-order valence-corrected chi connectivity index (χ3v) is 4.10. The average Bonchev–Trinajstić information content (AvgIpc) is 2.59. The number of nitrogens with zero attached hydrogens (tertiary/aromatic N) is 1. The van der Waals surface area contributed by atoms with E-state index >= 15 is 0 Å². The third-order valence-electron chi connectivity index (χ3n) is 2.34. The predicted molar refractivity (Wildman–Crippen MR) is 73.4 cm³/mol. The van der Waals surface area contributed by atoms with Crippen LogP contribution in [0.3, 0.4) is 0 Å². The first-order valence-corrected chi connectivity index (χ1v) is 7.03. The van der Waals surface area contributed by atoms with Gasteiger partial charge in [-0.1, -0.05) is 0 Å². The third kappa shape index (κ3) is 6.16. The molecule has 6 heteroatoms. The van der Waals surface area contributed by atoms with E-state index < -0.39 is 5.97 Å². The molecule has 4 nitrogen and oxygen atoms in total. The van der Waals surface area contributed by atoms with E-state index in [0.29, 0.717) is 6.54 Å². The van der Waals surface area contributed by atoms with Crippen LogP contribution in [-0.4, -0.2) is 42.2 Å². The van der Waals surface area contributed by atoms with Gasteiger partial charge in [0.2, 0.25) is 0 Å². The highest BCUT2D eigenvalue weighted by Crippen LogP contribution is 2.20.